The summed E-state index contributed by atoms with van der Waals surface area (Å²) in [6.07, 6.45) is -0.657. The molecule has 0 radical (unpaired) electrons. The predicted octanol–water partition coefficient (Wildman–Crippen LogP) is 2.02. The number of nitro benzene ring substituents is 1. The quantitative estimate of drug-likeness (QED) is 0.621. The molecule has 0 saturated carbocycles. The van der Waals surface area contributed by atoms with Crippen LogP contribution >= 0.6 is 0 Å². The molecule has 0 aromatic heterocycles. The zero-order chi connectivity index (χ0) is 13.1. The molecule has 0 fully saturated rings. The molecule has 1 atom stereocenters. The molecule has 1 aromatic rings. The summed E-state index contributed by atoms with van der Waals surface area (Å²) in [5.41, 5.74) is 0.638. The molecule has 0 heterocycles. The van der Waals surface area contributed by atoms with Crippen LogP contribution in [-0.2, 0) is 0 Å². The van der Waals surface area contributed by atoms with Crippen LogP contribution in [0, 0.1) is 10.1 Å². The first-order valence-corrected chi connectivity index (χ1v) is 5.47. The van der Waals surface area contributed by atoms with Gasteiger partial charge in [0.25, 0.3) is 5.69 Å². The van der Waals surface area contributed by atoms with Gasteiger partial charge in [-0.1, -0.05) is 0 Å². The summed E-state index contributed by atoms with van der Waals surface area (Å²) in [4.78, 5) is 10.0. The first kappa shape index (κ1) is 13.6. The maximum atomic E-state index is 10.5. The van der Waals surface area contributed by atoms with E-state index in [1.807, 2.05) is 20.8 Å². The highest BCUT2D eigenvalue weighted by atomic mass is 16.6. The fraction of sp³-hybridized carbons (Fsp3) is 0.500. The van der Waals surface area contributed by atoms with E-state index in [-0.39, 0.29) is 11.2 Å². The SMILES string of the molecule is CC(C)(C)NCC(O)c1ccc([N+](=O)[O-])cc1. The molecule has 0 saturated heterocycles. The third-order valence-corrected chi connectivity index (χ3v) is 2.31. The number of benzene rings is 1. The lowest BCUT2D eigenvalue weighted by Gasteiger charge is -2.23. The van der Waals surface area contributed by atoms with Crippen LogP contribution in [0.4, 0.5) is 5.69 Å². The van der Waals surface area contributed by atoms with Crippen molar-refractivity contribution in [1.82, 2.24) is 5.32 Å². The monoisotopic (exact) mass is 238 g/mol. The number of non-ortho nitro benzene ring substituents is 1. The fourth-order valence-electron chi connectivity index (χ4n) is 1.34. The summed E-state index contributed by atoms with van der Waals surface area (Å²) in [7, 11) is 0. The lowest BCUT2D eigenvalue weighted by atomic mass is 10.1. The highest BCUT2D eigenvalue weighted by Crippen LogP contribution is 2.17. The van der Waals surface area contributed by atoms with E-state index in [1.165, 1.54) is 12.1 Å². The number of hydrogen-bond acceptors (Lipinski definition) is 4. The second kappa shape index (κ2) is 5.25. The van der Waals surface area contributed by atoms with Crippen molar-refractivity contribution < 1.29 is 10.0 Å². The first-order valence-electron chi connectivity index (χ1n) is 5.47. The number of nitrogens with zero attached hydrogens (tertiary/aromatic N) is 1. The van der Waals surface area contributed by atoms with E-state index in [4.69, 9.17) is 0 Å². The molecule has 2 N–H and O–H groups in total. The molecule has 5 nitrogen and oxygen atoms in total. The van der Waals surface area contributed by atoms with Gasteiger partial charge in [0.15, 0.2) is 0 Å². The third-order valence-electron chi connectivity index (χ3n) is 2.31. The Hall–Kier alpha value is -1.46. The van der Waals surface area contributed by atoms with Crippen LogP contribution in [-0.4, -0.2) is 22.1 Å². The van der Waals surface area contributed by atoms with Crippen LogP contribution in [0.25, 0.3) is 0 Å². The standard InChI is InChI=1S/C12H18N2O3/c1-12(2,3)13-8-11(15)9-4-6-10(7-5-9)14(16)17/h4-7,11,13,15H,8H2,1-3H3. The van der Waals surface area contributed by atoms with Gasteiger partial charge >= 0.3 is 0 Å². The first-order chi connectivity index (χ1) is 7.79. The zero-order valence-electron chi connectivity index (χ0n) is 10.3. The van der Waals surface area contributed by atoms with Crippen LogP contribution in [0.2, 0.25) is 0 Å². The summed E-state index contributed by atoms with van der Waals surface area (Å²) in [5, 5.41) is 23.5. The van der Waals surface area contributed by atoms with Crippen molar-refractivity contribution in [1.29, 1.82) is 0 Å². The van der Waals surface area contributed by atoms with Crippen LogP contribution < -0.4 is 5.32 Å². The van der Waals surface area contributed by atoms with Crippen LogP contribution in [0.1, 0.15) is 32.4 Å². The van der Waals surface area contributed by atoms with Gasteiger partial charge in [0.05, 0.1) is 11.0 Å². The van der Waals surface area contributed by atoms with Crippen LogP contribution in [0.15, 0.2) is 24.3 Å². The summed E-state index contributed by atoms with van der Waals surface area (Å²) < 4.78 is 0. The summed E-state index contributed by atoms with van der Waals surface area (Å²) in [6.45, 7) is 6.45. The molecule has 0 spiro atoms. The van der Waals surface area contributed by atoms with Gasteiger partial charge in [-0.25, -0.2) is 0 Å². The summed E-state index contributed by atoms with van der Waals surface area (Å²) >= 11 is 0. The fourth-order valence-corrected chi connectivity index (χ4v) is 1.34. The lowest BCUT2D eigenvalue weighted by molar-refractivity contribution is -0.384. The van der Waals surface area contributed by atoms with Gasteiger partial charge in [0, 0.05) is 24.2 Å². The maximum Gasteiger partial charge on any atom is 0.269 e. The Morgan fingerprint density at radius 1 is 1.35 bits per heavy atom. The van der Waals surface area contributed by atoms with E-state index in [1.54, 1.807) is 12.1 Å². The second-order valence-electron chi connectivity index (χ2n) is 5.00. The van der Waals surface area contributed by atoms with Crippen molar-refractivity contribution in [2.75, 3.05) is 6.54 Å². The van der Waals surface area contributed by atoms with E-state index in [2.05, 4.69) is 5.32 Å². The Kier molecular flexibility index (Phi) is 4.20. The Labute approximate surface area is 101 Å². The molecule has 0 aliphatic heterocycles. The van der Waals surface area contributed by atoms with Crippen molar-refractivity contribution >= 4 is 5.69 Å². The highest BCUT2D eigenvalue weighted by Gasteiger charge is 2.14. The molecular weight excluding hydrogens is 220 g/mol. The van der Waals surface area contributed by atoms with Gasteiger partial charge < -0.3 is 10.4 Å². The van der Waals surface area contributed by atoms with E-state index >= 15 is 0 Å². The number of hydrogen-bond donors (Lipinski definition) is 2. The minimum Gasteiger partial charge on any atom is -0.387 e. The largest absolute Gasteiger partial charge is 0.387 e. The van der Waals surface area contributed by atoms with E-state index in [0.29, 0.717) is 12.1 Å². The summed E-state index contributed by atoms with van der Waals surface area (Å²) in [6, 6.07) is 5.95. The smallest absolute Gasteiger partial charge is 0.269 e. The molecule has 0 amide bonds. The van der Waals surface area contributed by atoms with E-state index < -0.39 is 11.0 Å². The van der Waals surface area contributed by atoms with Crippen molar-refractivity contribution in [3.05, 3.63) is 39.9 Å². The average molecular weight is 238 g/mol. The number of β-amino-alcohol motifs (C(OH)–C–C–N with tert-alkyl or cyclic N) is 1. The number of aliphatic hydroxyl groups is 1. The van der Waals surface area contributed by atoms with Crippen molar-refractivity contribution in [2.24, 2.45) is 0 Å². The van der Waals surface area contributed by atoms with E-state index in [0.717, 1.165) is 0 Å². The molecule has 94 valence electrons. The number of nitro groups is 1. The molecule has 5 heteroatoms. The number of nitrogens with one attached hydrogen (secondary N) is 1. The maximum absolute atomic E-state index is 10.5. The minimum absolute atomic E-state index is 0.0322. The van der Waals surface area contributed by atoms with E-state index in [9.17, 15) is 15.2 Å². The average Bonchev–Trinajstić information content (AvgIpc) is 2.25. The molecule has 1 unspecified atom stereocenters. The van der Waals surface area contributed by atoms with Crippen LogP contribution in [0.3, 0.4) is 0 Å². The number of aliphatic hydroxyl groups excluding tert-OH is 1. The van der Waals surface area contributed by atoms with Gasteiger partial charge in [-0.3, -0.25) is 10.1 Å². The Morgan fingerprint density at radius 3 is 2.29 bits per heavy atom. The zero-order valence-corrected chi connectivity index (χ0v) is 10.3. The molecule has 1 rings (SSSR count). The van der Waals surface area contributed by atoms with Crippen molar-refractivity contribution in [3.8, 4) is 0 Å². The van der Waals surface area contributed by atoms with Crippen molar-refractivity contribution in [3.63, 3.8) is 0 Å². The summed E-state index contributed by atoms with van der Waals surface area (Å²) in [5.74, 6) is 0. The van der Waals surface area contributed by atoms with Gasteiger partial charge in [-0.2, -0.15) is 0 Å². The highest BCUT2D eigenvalue weighted by molar-refractivity contribution is 5.33. The van der Waals surface area contributed by atoms with Crippen LogP contribution in [0.5, 0.6) is 0 Å². The lowest BCUT2D eigenvalue weighted by Crippen LogP contribution is -2.38. The predicted molar refractivity (Wildman–Crippen MR) is 65.8 cm³/mol. The molecule has 0 aliphatic rings. The topological polar surface area (TPSA) is 75.4 Å². The Bertz CT molecular complexity index is 382. The normalized spacial score (nSPS) is 13.4. The second-order valence-corrected chi connectivity index (χ2v) is 5.00. The molecule has 0 bridgehead atoms. The Morgan fingerprint density at radius 2 is 1.88 bits per heavy atom. The number of rotatable bonds is 4. The van der Waals surface area contributed by atoms with Gasteiger partial charge in [0.1, 0.15) is 0 Å². The molecule has 1 aromatic carbocycles. The molecule has 0 aliphatic carbocycles. The van der Waals surface area contributed by atoms with Crippen molar-refractivity contribution in [2.45, 2.75) is 32.4 Å². The van der Waals surface area contributed by atoms with Gasteiger partial charge in [-0.15, -0.1) is 0 Å². The molecule has 17 heavy (non-hydrogen) atoms. The van der Waals surface area contributed by atoms with Gasteiger partial charge in [-0.05, 0) is 38.5 Å². The molecular formula is C12H18N2O3. The minimum atomic E-state index is -0.657. The van der Waals surface area contributed by atoms with Gasteiger partial charge in [0.2, 0.25) is 0 Å². The third kappa shape index (κ3) is 4.50. The Balaban J connectivity index is 2.63.